The Morgan fingerprint density at radius 3 is 2.41 bits per heavy atom. The summed E-state index contributed by atoms with van der Waals surface area (Å²) in [6.07, 6.45) is 13.3. The van der Waals surface area contributed by atoms with E-state index in [0.29, 0.717) is 26.0 Å². The van der Waals surface area contributed by atoms with E-state index < -0.39 is 0 Å². The van der Waals surface area contributed by atoms with Gasteiger partial charge in [-0.3, -0.25) is 9.59 Å². The van der Waals surface area contributed by atoms with Crippen molar-refractivity contribution in [1.29, 1.82) is 0 Å². The smallest absolute Gasteiger partial charge is 0.307 e. The summed E-state index contributed by atoms with van der Waals surface area (Å²) < 4.78 is 5.04. The molecule has 1 saturated carbocycles. The maximum absolute atomic E-state index is 12.8. The van der Waals surface area contributed by atoms with Crippen LogP contribution in [0.1, 0.15) is 84.0 Å². The summed E-state index contributed by atoms with van der Waals surface area (Å²) in [6, 6.07) is 0. The van der Waals surface area contributed by atoms with Crippen molar-refractivity contribution in [1.82, 2.24) is 9.80 Å². The van der Waals surface area contributed by atoms with Crippen molar-refractivity contribution < 1.29 is 14.3 Å². The predicted molar refractivity (Wildman–Crippen MR) is 109 cm³/mol. The molecule has 0 spiro atoms. The second-order valence-electron chi connectivity index (χ2n) is 8.23. The molecule has 0 radical (unpaired) electrons. The van der Waals surface area contributed by atoms with E-state index in [1.807, 2.05) is 11.8 Å². The lowest BCUT2D eigenvalue weighted by atomic mass is 9.86. The summed E-state index contributed by atoms with van der Waals surface area (Å²) >= 11 is 0. The fourth-order valence-electron chi connectivity index (χ4n) is 4.43. The van der Waals surface area contributed by atoms with Gasteiger partial charge in [0.15, 0.2) is 0 Å². The number of rotatable bonds is 12. The van der Waals surface area contributed by atoms with Gasteiger partial charge in [-0.2, -0.15) is 0 Å². The lowest BCUT2D eigenvalue weighted by Gasteiger charge is -2.25. The first-order valence-corrected chi connectivity index (χ1v) is 11.3. The molecule has 1 heterocycles. The maximum Gasteiger partial charge on any atom is 0.307 e. The Bertz CT molecular complexity index is 429. The summed E-state index contributed by atoms with van der Waals surface area (Å²) in [5.74, 6) is 0.760. The minimum atomic E-state index is -0.195. The van der Waals surface area contributed by atoms with Gasteiger partial charge in [-0.15, -0.1) is 0 Å². The molecule has 0 bridgehead atoms. The van der Waals surface area contributed by atoms with Crippen LogP contribution in [0.5, 0.6) is 0 Å². The molecule has 0 atom stereocenters. The van der Waals surface area contributed by atoms with Gasteiger partial charge in [0.05, 0.1) is 13.0 Å². The molecule has 1 amide bonds. The quantitative estimate of drug-likeness (QED) is 0.379. The number of unbranched alkanes of at least 4 members (excludes halogenated alkanes) is 1. The fourth-order valence-corrected chi connectivity index (χ4v) is 4.43. The molecule has 2 rings (SSSR count). The van der Waals surface area contributed by atoms with Gasteiger partial charge in [-0.1, -0.05) is 32.1 Å². The van der Waals surface area contributed by atoms with E-state index in [1.165, 1.54) is 58.0 Å². The van der Waals surface area contributed by atoms with E-state index >= 15 is 0 Å². The highest BCUT2D eigenvalue weighted by Gasteiger charge is 2.19. The van der Waals surface area contributed by atoms with Crippen molar-refractivity contribution >= 4 is 11.9 Å². The number of hydrogen-bond acceptors (Lipinski definition) is 4. The minimum absolute atomic E-state index is 0.195. The van der Waals surface area contributed by atoms with Crippen LogP contribution >= 0.6 is 0 Å². The monoisotopic (exact) mass is 380 g/mol. The van der Waals surface area contributed by atoms with Crippen molar-refractivity contribution in [2.75, 3.05) is 39.3 Å². The summed E-state index contributed by atoms with van der Waals surface area (Å²) in [6.45, 7) is 7.11. The number of likely N-dealkylation sites (tertiary alicyclic amines) is 1. The number of ether oxygens (including phenoxy) is 1. The first-order chi connectivity index (χ1) is 13.2. The molecule has 0 N–H and O–H groups in total. The van der Waals surface area contributed by atoms with Crippen LogP contribution in [-0.4, -0.2) is 61.0 Å². The van der Waals surface area contributed by atoms with Gasteiger partial charge in [0, 0.05) is 19.5 Å². The van der Waals surface area contributed by atoms with Crippen molar-refractivity contribution in [2.24, 2.45) is 5.92 Å². The van der Waals surface area contributed by atoms with E-state index in [9.17, 15) is 9.59 Å². The molecule has 5 heteroatoms. The molecule has 1 aliphatic carbocycles. The predicted octanol–water partition coefficient (Wildman–Crippen LogP) is 4.00. The van der Waals surface area contributed by atoms with Crippen molar-refractivity contribution in [2.45, 2.75) is 84.0 Å². The summed E-state index contributed by atoms with van der Waals surface area (Å²) in [4.78, 5) is 28.9. The lowest BCUT2D eigenvalue weighted by molar-refractivity contribution is -0.144. The summed E-state index contributed by atoms with van der Waals surface area (Å²) in [5, 5.41) is 0. The molecule has 0 unspecified atom stereocenters. The van der Waals surface area contributed by atoms with Crippen LogP contribution in [0.25, 0.3) is 0 Å². The maximum atomic E-state index is 12.8. The molecule has 2 fully saturated rings. The number of amides is 1. The zero-order valence-electron chi connectivity index (χ0n) is 17.4. The van der Waals surface area contributed by atoms with Crippen molar-refractivity contribution in [3.05, 3.63) is 0 Å². The van der Waals surface area contributed by atoms with Gasteiger partial charge < -0.3 is 14.5 Å². The van der Waals surface area contributed by atoms with Gasteiger partial charge in [0.1, 0.15) is 0 Å². The largest absolute Gasteiger partial charge is 0.466 e. The highest BCUT2D eigenvalue weighted by Crippen LogP contribution is 2.27. The van der Waals surface area contributed by atoms with Crippen LogP contribution in [0.15, 0.2) is 0 Å². The van der Waals surface area contributed by atoms with E-state index in [2.05, 4.69) is 4.90 Å². The van der Waals surface area contributed by atoms with Crippen LogP contribution in [0, 0.1) is 5.92 Å². The molecule has 2 aliphatic rings. The SMILES string of the molecule is CCOC(=O)CCN(CCCCN1CCCC1)C(=O)CCC1CCCCC1. The van der Waals surface area contributed by atoms with Crippen molar-refractivity contribution in [3.8, 4) is 0 Å². The van der Waals surface area contributed by atoms with Gasteiger partial charge >= 0.3 is 5.97 Å². The van der Waals surface area contributed by atoms with Crippen LogP contribution < -0.4 is 0 Å². The van der Waals surface area contributed by atoms with Crippen LogP contribution in [-0.2, 0) is 14.3 Å². The number of carbonyl (C=O) groups is 2. The number of carbonyl (C=O) groups excluding carboxylic acids is 2. The van der Waals surface area contributed by atoms with Gasteiger partial charge in [0.2, 0.25) is 5.91 Å². The number of hydrogen-bond donors (Lipinski definition) is 0. The summed E-state index contributed by atoms with van der Waals surface area (Å²) in [5.41, 5.74) is 0. The summed E-state index contributed by atoms with van der Waals surface area (Å²) in [7, 11) is 0. The molecule has 27 heavy (non-hydrogen) atoms. The molecular weight excluding hydrogens is 340 g/mol. The topological polar surface area (TPSA) is 49.9 Å². The van der Waals surface area contributed by atoms with E-state index in [4.69, 9.17) is 4.74 Å². The van der Waals surface area contributed by atoms with E-state index in [1.54, 1.807) is 0 Å². The molecule has 1 saturated heterocycles. The first kappa shape index (κ1) is 22.2. The molecule has 5 nitrogen and oxygen atoms in total. The zero-order valence-corrected chi connectivity index (χ0v) is 17.4. The lowest BCUT2D eigenvalue weighted by Crippen LogP contribution is -2.35. The molecule has 0 aromatic heterocycles. The Morgan fingerprint density at radius 2 is 1.70 bits per heavy atom. The molecule has 0 aromatic rings. The van der Waals surface area contributed by atoms with E-state index in [0.717, 1.165) is 38.3 Å². The van der Waals surface area contributed by atoms with Crippen LogP contribution in [0.4, 0.5) is 0 Å². The van der Waals surface area contributed by atoms with Crippen LogP contribution in [0.2, 0.25) is 0 Å². The highest BCUT2D eigenvalue weighted by molar-refractivity contribution is 5.77. The third-order valence-electron chi connectivity index (χ3n) is 6.09. The molecule has 156 valence electrons. The fraction of sp³-hybridized carbons (Fsp3) is 0.909. The van der Waals surface area contributed by atoms with Gasteiger partial charge in [-0.25, -0.2) is 0 Å². The molecule has 0 aromatic carbocycles. The zero-order chi connectivity index (χ0) is 19.3. The highest BCUT2D eigenvalue weighted by atomic mass is 16.5. The first-order valence-electron chi connectivity index (χ1n) is 11.3. The van der Waals surface area contributed by atoms with Crippen LogP contribution in [0.3, 0.4) is 0 Å². The van der Waals surface area contributed by atoms with Crippen molar-refractivity contribution in [3.63, 3.8) is 0 Å². The van der Waals surface area contributed by atoms with Gasteiger partial charge in [0.25, 0.3) is 0 Å². The Kier molecular flexibility index (Phi) is 10.8. The van der Waals surface area contributed by atoms with E-state index in [-0.39, 0.29) is 11.9 Å². The number of nitrogens with zero attached hydrogens (tertiary/aromatic N) is 2. The standard InChI is InChI=1S/C22H40N2O3/c1-2-27-22(26)14-19-24(18-9-8-17-23-15-6-7-16-23)21(25)13-12-20-10-4-3-5-11-20/h20H,2-19H2,1H3. The Labute approximate surface area is 165 Å². The molecule has 1 aliphatic heterocycles. The Hall–Kier alpha value is -1.10. The van der Waals surface area contributed by atoms with Gasteiger partial charge in [-0.05, 0) is 64.6 Å². The average Bonchev–Trinajstić information content (AvgIpc) is 3.20. The minimum Gasteiger partial charge on any atom is -0.466 e. The number of esters is 1. The normalized spacial score (nSPS) is 18.6. The Balaban J connectivity index is 1.71. The third-order valence-corrected chi connectivity index (χ3v) is 6.09. The molecular formula is C22H40N2O3. The average molecular weight is 381 g/mol. The Morgan fingerprint density at radius 1 is 0.963 bits per heavy atom. The second-order valence-corrected chi connectivity index (χ2v) is 8.23. The third kappa shape index (κ3) is 9.09. The second kappa shape index (κ2) is 13.1.